The molecular formula is C15H12Si3. The summed E-state index contributed by atoms with van der Waals surface area (Å²) in [5.41, 5.74) is 18.8. The van der Waals surface area contributed by atoms with Crippen molar-refractivity contribution in [1.29, 1.82) is 0 Å². The van der Waals surface area contributed by atoms with Crippen molar-refractivity contribution in [3.63, 3.8) is 0 Å². The van der Waals surface area contributed by atoms with E-state index in [2.05, 4.69) is 33.3 Å². The van der Waals surface area contributed by atoms with Crippen LogP contribution in [-0.2, 0) is 0 Å². The van der Waals surface area contributed by atoms with Crippen LogP contribution in [0.4, 0.5) is 0 Å². The smallest absolute Gasteiger partial charge is 0.126 e. The van der Waals surface area contributed by atoms with Crippen LogP contribution in [0, 0.1) is 71.8 Å². The Bertz CT molecular complexity index is 469. The minimum absolute atomic E-state index is 0.665. The molecule has 1 saturated heterocycles. The monoisotopic (exact) mass is 276 g/mol. The molecule has 0 N–H and O–H groups in total. The van der Waals surface area contributed by atoms with Crippen molar-refractivity contribution in [2.45, 2.75) is 17.0 Å². The van der Waals surface area contributed by atoms with Gasteiger partial charge in [0.15, 0.2) is 0 Å². The molecule has 1 aliphatic heterocycles. The van der Waals surface area contributed by atoms with Crippen LogP contribution in [0.25, 0.3) is 0 Å². The van der Waals surface area contributed by atoms with Crippen molar-refractivity contribution in [1.82, 2.24) is 0 Å². The molecule has 0 aromatic heterocycles. The molecule has 0 aromatic rings. The first-order chi connectivity index (χ1) is 8.49. The van der Waals surface area contributed by atoms with Crippen LogP contribution in [0.1, 0.15) is 0 Å². The normalized spacial score (nSPS) is 21.7. The number of terminal acetylenes is 6. The molecule has 0 nitrogen and oxygen atoms in total. The molecule has 1 aliphatic rings. The van der Waals surface area contributed by atoms with Gasteiger partial charge in [0.1, 0.15) is 0 Å². The van der Waals surface area contributed by atoms with E-state index in [9.17, 15) is 0 Å². The summed E-state index contributed by atoms with van der Waals surface area (Å²) in [6, 6.07) is 0. The van der Waals surface area contributed by atoms with E-state index in [1.54, 1.807) is 0 Å². The van der Waals surface area contributed by atoms with Gasteiger partial charge in [-0.1, -0.05) is 0 Å². The molecule has 84 valence electrons. The summed E-state index contributed by atoms with van der Waals surface area (Å²) < 4.78 is 0. The van der Waals surface area contributed by atoms with E-state index in [1.165, 1.54) is 0 Å². The lowest BCUT2D eigenvalue weighted by molar-refractivity contribution is 1.51. The fourth-order valence-corrected chi connectivity index (χ4v) is 24.9. The molecule has 0 atom stereocenters. The minimum atomic E-state index is -2.38. The number of rotatable bonds is 0. The molecule has 0 unspecified atom stereocenters. The molecule has 1 heterocycles. The zero-order chi connectivity index (χ0) is 13.9. The van der Waals surface area contributed by atoms with Gasteiger partial charge in [0, 0.05) is 0 Å². The fraction of sp³-hybridized carbons (Fsp3) is 0.200. The molecule has 0 radical (unpaired) electrons. The van der Waals surface area contributed by atoms with E-state index in [0.29, 0.717) is 17.0 Å². The largest absolute Gasteiger partial charge is 0.214 e. The maximum absolute atomic E-state index is 5.65. The van der Waals surface area contributed by atoms with Gasteiger partial charge in [-0.3, -0.25) is 0 Å². The topological polar surface area (TPSA) is 0 Å². The molecule has 0 bridgehead atoms. The van der Waals surface area contributed by atoms with E-state index < -0.39 is 24.2 Å². The highest BCUT2D eigenvalue weighted by atomic mass is 28.5. The Hall–Kier alpha value is -1.99. The molecule has 1 rings (SSSR count). The fourth-order valence-electron chi connectivity index (χ4n) is 2.47. The summed E-state index contributed by atoms with van der Waals surface area (Å²) in [6.07, 6.45) is 33.9. The highest BCUT2D eigenvalue weighted by Crippen LogP contribution is 2.38. The first-order valence-corrected chi connectivity index (χ1v) is 12.6. The van der Waals surface area contributed by atoms with E-state index >= 15 is 0 Å². The molecule has 0 amide bonds. The number of hydrogen-bond acceptors (Lipinski definition) is 0. The van der Waals surface area contributed by atoms with Crippen LogP contribution in [0.5, 0.6) is 0 Å². The predicted molar refractivity (Wildman–Crippen MR) is 84.7 cm³/mol. The highest BCUT2D eigenvalue weighted by Gasteiger charge is 2.56. The summed E-state index contributed by atoms with van der Waals surface area (Å²) in [5.74, 6) is 0. The summed E-state index contributed by atoms with van der Waals surface area (Å²) in [4.78, 5) is 0. The van der Waals surface area contributed by atoms with Crippen molar-refractivity contribution >= 4 is 24.2 Å². The Balaban J connectivity index is 3.48. The third-order valence-corrected chi connectivity index (χ3v) is 21.3. The first-order valence-electron chi connectivity index (χ1n) is 5.35. The highest BCUT2D eigenvalue weighted by molar-refractivity contribution is 7.25. The Labute approximate surface area is 113 Å². The van der Waals surface area contributed by atoms with E-state index in [-0.39, 0.29) is 0 Å². The van der Waals surface area contributed by atoms with Gasteiger partial charge < -0.3 is 0 Å². The van der Waals surface area contributed by atoms with Gasteiger partial charge >= 0.3 is 0 Å². The average molecular weight is 277 g/mol. The molecule has 0 aliphatic carbocycles. The molecule has 18 heavy (non-hydrogen) atoms. The Morgan fingerprint density at radius 3 is 0.722 bits per heavy atom. The standard InChI is InChI=1S/C15H12Si3/c1-7-16(8-2)13-17(9-3,10-4)15-18(11-5,12-6)14-16/h1-6H,13-15H2. The van der Waals surface area contributed by atoms with Gasteiger partial charge in [-0.25, -0.2) is 0 Å². The van der Waals surface area contributed by atoms with Crippen LogP contribution in [0.3, 0.4) is 0 Å². The molecule has 1 fully saturated rings. The Morgan fingerprint density at radius 2 is 0.611 bits per heavy atom. The maximum atomic E-state index is 5.65. The van der Waals surface area contributed by atoms with Gasteiger partial charge in [0.05, 0.1) is 0 Å². The SMILES string of the molecule is C#C[Si]1(C#C)C[Si](C#C)(C#C)C[Si](C#C)(C#C)C1. The molecule has 3 heteroatoms. The average Bonchev–Trinajstić information content (AvgIpc) is 2.46. The van der Waals surface area contributed by atoms with Crippen molar-refractivity contribution < 1.29 is 0 Å². The van der Waals surface area contributed by atoms with Gasteiger partial charge in [-0.2, -0.15) is 0 Å². The lowest BCUT2D eigenvalue weighted by Crippen LogP contribution is -2.60. The van der Waals surface area contributed by atoms with Crippen molar-refractivity contribution in [2.75, 3.05) is 0 Å². The second-order valence-electron chi connectivity index (χ2n) is 4.64. The quantitative estimate of drug-likeness (QED) is 0.457. The van der Waals surface area contributed by atoms with Crippen LogP contribution in [-0.4, -0.2) is 24.2 Å². The van der Waals surface area contributed by atoms with Gasteiger partial charge in [-0.15, -0.1) is 71.8 Å². The van der Waals surface area contributed by atoms with Crippen molar-refractivity contribution in [2.24, 2.45) is 0 Å². The lowest BCUT2D eigenvalue weighted by Gasteiger charge is -2.40. The third kappa shape index (κ3) is 2.05. The molecule has 0 spiro atoms. The molecular weight excluding hydrogens is 264 g/mol. The predicted octanol–water partition coefficient (Wildman–Crippen LogP) is 0.998. The zero-order valence-electron chi connectivity index (χ0n) is 10.1. The van der Waals surface area contributed by atoms with Crippen LogP contribution >= 0.6 is 0 Å². The summed E-state index contributed by atoms with van der Waals surface area (Å²) >= 11 is 0. The van der Waals surface area contributed by atoms with Crippen LogP contribution < -0.4 is 0 Å². The Kier molecular flexibility index (Phi) is 3.68. The second kappa shape index (κ2) is 4.71. The first kappa shape index (κ1) is 14.1. The van der Waals surface area contributed by atoms with E-state index in [4.69, 9.17) is 38.5 Å². The van der Waals surface area contributed by atoms with Crippen LogP contribution in [0.15, 0.2) is 0 Å². The summed E-state index contributed by atoms with van der Waals surface area (Å²) in [5, 5.41) is 0. The van der Waals surface area contributed by atoms with Crippen molar-refractivity contribution in [3.8, 4) is 71.8 Å². The van der Waals surface area contributed by atoms with E-state index in [0.717, 1.165) is 0 Å². The van der Waals surface area contributed by atoms with E-state index in [1.807, 2.05) is 0 Å². The molecule has 0 aromatic carbocycles. The zero-order valence-corrected chi connectivity index (χ0v) is 13.1. The number of hydrogen-bond donors (Lipinski definition) is 0. The van der Waals surface area contributed by atoms with Gasteiger partial charge in [0.2, 0.25) is 24.2 Å². The second-order valence-corrected chi connectivity index (χ2v) is 17.1. The summed E-state index contributed by atoms with van der Waals surface area (Å²) in [7, 11) is -7.13. The maximum Gasteiger partial charge on any atom is 0.214 e. The minimum Gasteiger partial charge on any atom is -0.126 e. The molecule has 0 saturated carbocycles. The third-order valence-electron chi connectivity index (χ3n) is 3.47. The summed E-state index contributed by atoms with van der Waals surface area (Å²) in [6.45, 7) is 0. The van der Waals surface area contributed by atoms with Crippen LogP contribution in [0.2, 0.25) is 17.0 Å². The van der Waals surface area contributed by atoms with Gasteiger partial charge in [-0.05, 0) is 17.0 Å². The Morgan fingerprint density at radius 1 is 0.444 bits per heavy atom. The lowest BCUT2D eigenvalue weighted by atomic mass is 11.3. The van der Waals surface area contributed by atoms with Gasteiger partial charge in [0.25, 0.3) is 0 Å². The van der Waals surface area contributed by atoms with Crippen molar-refractivity contribution in [3.05, 3.63) is 0 Å².